The lowest BCUT2D eigenvalue weighted by molar-refractivity contribution is 0.882. The topological polar surface area (TPSA) is 17.8 Å². The summed E-state index contributed by atoms with van der Waals surface area (Å²) in [5.74, 6) is 0. The number of aryl methyl sites for hydroxylation is 2. The fourth-order valence-corrected chi connectivity index (χ4v) is 2.34. The normalized spacial score (nSPS) is 10.7. The highest BCUT2D eigenvalue weighted by molar-refractivity contribution is 5.63. The van der Waals surface area contributed by atoms with Crippen molar-refractivity contribution in [3.05, 3.63) is 71.9 Å². The Kier molecular flexibility index (Phi) is 3.38. The van der Waals surface area contributed by atoms with Gasteiger partial charge in [0.15, 0.2) is 0 Å². The second-order valence-electron chi connectivity index (χ2n) is 5.00. The number of nitrogens with zero attached hydrogens (tertiary/aromatic N) is 2. The molecule has 100 valence electrons. The van der Waals surface area contributed by atoms with Crippen molar-refractivity contribution in [2.24, 2.45) is 0 Å². The van der Waals surface area contributed by atoms with Gasteiger partial charge in [-0.1, -0.05) is 55.0 Å². The Morgan fingerprint density at radius 3 is 2.30 bits per heavy atom. The van der Waals surface area contributed by atoms with Gasteiger partial charge in [0.05, 0.1) is 11.4 Å². The van der Waals surface area contributed by atoms with Crippen molar-refractivity contribution in [2.45, 2.75) is 20.3 Å². The van der Waals surface area contributed by atoms with Crippen LogP contribution in [-0.2, 0) is 6.42 Å². The molecule has 0 radical (unpaired) electrons. The molecule has 2 heteroatoms. The number of benzene rings is 2. The van der Waals surface area contributed by atoms with Crippen molar-refractivity contribution < 1.29 is 0 Å². The van der Waals surface area contributed by atoms with E-state index in [9.17, 15) is 0 Å². The van der Waals surface area contributed by atoms with E-state index in [4.69, 9.17) is 5.10 Å². The first kappa shape index (κ1) is 12.7. The van der Waals surface area contributed by atoms with Gasteiger partial charge in [0.2, 0.25) is 0 Å². The molecular formula is C18H18N2. The summed E-state index contributed by atoms with van der Waals surface area (Å²) in [6.07, 6.45) is 3.11. The van der Waals surface area contributed by atoms with Crippen molar-refractivity contribution in [1.82, 2.24) is 9.78 Å². The molecule has 2 nitrogen and oxygen atoms in total. The minimum atomic E-state index is 0.982. The van der Waals surface area contributed by atoms with Crippen molar-refractivity contribution in [1.29, 1.82) is 0 Å². The van der Waals surface area contributed by atoms with Gasteiger partial charge in [-0.15, -0.1) is 0 Å². The summed E-state index contributed by atoms with van der Waals surface area (Å²) in [5, 5.41) is 4.77. The molecule has 0 unspecified atom stereocenters. The summed E-state index contributed by atoms with van der Waals surface area (Å²) in [6.45, 7) is 4.27. The van der Waals surface area contributed by atoms with E-state index in [1.807, 2.05) is 10.7 Å². The minimum absolute atomic E-state index is 0.982. The maximum atomic E-state index is 4.77. The largest absolute Gasteiger partial charge is 0.240 e. The number of hydrogen-bond acceptors (Lipinski definition) is 1. The second kappa shape index (κ2) is 5.33. The fraction of sp³-hybridized carbons (Fsp3) is 0.167. The van der Waals surface area contributed by atoms with Gasteiger partial charge in [0.25, 0.3) is 0 Å². The molecule has 0 aliphatic heterocycles. The third-order valence-corrected chi connectivity index (χ3v) is 3.52. The minimum Gasteiger partial charge on any atom is -0.240 e. The summed E-state index contributed by atoms with van der Waals surface area (Å²) in [7, 11) is 0. The predicted molar refractivity (Wildman–Crippen MR) is 83.1 cm³/mol. The smallest absolute Gasteiger partial charge is 0.0959 e. The van der Waals surface area contributed by atoms with Gasteiger partial charge in [0, 0.05) is 11.8 Å². The SMILES string of the molecule is CCc1cn(-c2ccc(C)cc2)nc1-c1ccccc1. The van der Waals surface area contributed by atoms with Crippen LogP contribution in [0.4, 0.5) is 0 Å². The van der Waals surface area contributed by atoms with Crippen LogP contribution in [0.15, 0.2) is 60.8 Å². The van der Waals surface area contributed by atoms with E-state index in [2.05, 4.69) is 68.6 Å². The van der Waals surface area contributed by atoms with Gasteiger partial charge in [-0.25, -0.2) is 4.68 Å². The first-order valence-electron chi connectivity index (χ1n) is 6.99. The first-order valence-corrected chi connectivity index (χ1v) is 6.99. The molecule has 0 spiro atoms. The molecule has 20 heavy (non-hydrogen) atoms. The van der Waals surface area contributed by atoms with Crippen LogP contribution in [0, 0.1) is 6.92 Å². The molecule has 0 aliphatic rings. The van der Waals surface area contributed by atoms with Gasteiger partial charge in [-0.05, 0) is 31.0 Å². The average molecular weight is 262 g/mol. The molecule has 0 saturated heterocycles. The van der Waals surface area contributed by atoms with E-state index in [0.29, 0.717) is 0 Å². The molecule has 2 aromatic carbocycles. The second-order valence-corrected chi connectivity index (χ2v) is 5.00. The zero-order chi connectivity index (χ0) is 13.9. The molecule has 0 saturated carbocycles. The summed E-state index contributed by atoms with van der Waals surface area (Å²) in [5.41, 5.74) is 5.90. The molecule has 3 aromatic rings. The predicted octanol–water partition coefficient (Wildman–Crippen LogP) is 4.41. The summed E-state index contributed by atoms with van der Waals surface area (Å²) < 4.78 is 1.97. The summed E-state index contributed by atoms with van der Waals surface area (Å²) in [4.78, 5) is 0. The van der Waals surface area contributed by atoms with Gasteiger partial charge < -0.3 is 0 Å². The summed E-state index contributed by atoms with van der Waals surface area (Å²) in [6, 6.07) is 18.8. The van der Waals surface area contributed by atoms with E-state index >= 15 is 0 Å². The highest BCUT2D eigenvalue weighted by Crippen LogP contribution is 2.23. The summed E-state index contributed by atoms with van der Waals surface area (Å²) >= 11 is 0. The van der Waals surface area contributed by atoms with Gasteiger partial charge in [0.1, 0.15) is 0 Å². The van der Waals surface area contributed by atoms with Crippen LogP contribution in [0.2, 0.25) is 0 Å². The molecule has 0 atom stereocenters. The Morgan fingerprint density at radius 2 is 1.65 bits per heavy atom. The maximum absolute atomic E-state index is 4.77. The third-order valence-electron chi connectivity index (χ3n) is 3.52. The molecule has 0 fully saturated rings. The van der Waals surface area contributed by atoms with E-state index in [0.717, 1.165) is 17.8 Å². The van der Waals surface area contributed by atoms with Crippen molar-refractivity contribution >= 4 is 0 Å². The van der Waals surface area contributed by atoms with Crippen LogP contribution in [0.5, 0.6) is 0 Å². The van der Waals surface area contributed by atoms with Crippen LogP contribution in [0.1, 0.15) is 18.1 Å². The highest BCUT2D eigenvalue weighted by Gasteiger charge is 2.10. The van der Waals surface area contributed by atoms with Crippen LogP contribution in [-0.4, -0.2) is 9.78 Å². The lowest BCUT2D eigenvalue weighted by atomic mass is 10.1. The Balaban J connectivity index is 2.07. The monoisotopic (exact) mass is 262 g/mol. The van der Waals surface area contributed by atoms with E-state index in [-0.39, 0.29) is 0 Å². The van der Waals surface area contributed by atoms with Crippen molar-refractivity contribution in [3.63, 3.8) is 0 Å². The van der Waals surface area contributed by atoms with Crippen LogP contribution in [0.3, 0.4) is 0 Å². The van der Waals surface area contributed by atoms with Gasteiger partial charge in [-0.3, -0.25) is 0 Å². The Morgan fingerprint density at radius 1 is 0.950 bits per heavy atom. The quantitative estimate of drug-likeness (QED) is 0.683. The molecule has 1 heterocycles. The van der Waals surface area contributed by atoms with Crippen molar-refractivity contribution in [2.75, 3.05) is 0 Å². The number of hydrogen-bond donors (Lipinski definition) is 0. The van der Waals surface area contributed by atoms with Crippen LogP contribution >= 0.6 is 0 Å². The number of aromatic nitrogens is 2. The van der Waals surface area contributed by atoms with Crippen LogP contribution < -0.4 is 0 Å². The number of rotatable bonds is 3. The third kappa shape index (κ3) is 2.37. The molecule has 0 aliphatic carbocycles. The van der Waals surface area contributed by atoms with E-state index in [1.54, 1.807) is 0 Å². The zero-order valence-electron chi connectivity index (χ0n) is 11.9. The highest BCUT2D eigenvalue weighted by atomic mass is 15.3. The standard InChI is InChI=1S/C18H18N2/c1-3-15-13-20(17-11-9-14(2)10-12-17)19-18(15)16-7-5-4-6-8-16/h4-13H,3H2,1-2H3. The van der Waals surface area contributed by atoms with Gasteiger partial charge >= 0.3 is 0 Å². The Bertz CT molecular complexity index is 694. The van der Waals surface area contributed by atoms with E-state index < -0.39 is 0 Å². The Labute approximate surface area is 119 Å². The molecule has 0 bridgehead atoms. The van der Waals surface area contributed by atoms with Gasteiger partial charge in [-0.2, -0.15) is 5.10 Å². The lowest BCUT2D eigenvalue weighted by Crippen LogP contribution is -1.94. The van der Waals surface area contributed by atoms with E-state index in [1.165, 1.54) is 16.7 Å². The zero-order valence-corrected chi connectivity index (χ0v) is 11.9. The molecule has 1 aromatic heterocycles. The molecular weight excluding hydrogens is 244 g/mol. The van der Waals surface area contributed by atoms with Crippen LogP contribution in [0.25, 0.3) is 16.9 Å². The fourth-order valence-electron chi connectivity index (χ4n) is 2.34. The molecule has 0 N–H and O–H groups in total. The lowest BCUT2D eigenvalue weighted by Gasteiger charge is -2.01. The molecule has 3 rings (SSSR count). The Hall–Kier alpha value is -2.35. The van der Waals surface area contributed by atoms with Crippen molar-refractivity contribution in [3.8, 4) is 16.9 Å². The maximum Gasteiger partial charge on any atom is 0.0959 e. The molecule has 0 amide bonds. The average Bonchev–Trinajstić information content (AvgIpc) is 2.93. The first-order chi connectivity index (χ1) is 9.78.